The van der Waals surface area contributed by atoms with E-state index in [4.69, 9.17) is 4.74 Å². The molecule has 0 spiro atoms. The Hall–Kier alpha value is -1.22. The molecule has 0 aliphatic carbocycles. The summed E-state index contributed by atoms with van der Waals surface area (Å²) in [5.41, 5.74) is 1.24. The van der Waals surface area contributed by atoms with E-state index in [1.807, 2.05) is 6.92 Å². The number of para-hydroxylation sites is 2. The summed E-state index contributed by atoms with van der Waals surface area (Å²) in [4.78, 5) is 2.55. The van der Waals surface area contributed by atoms with Crippen LogP contribution in [0, 0.1) is 11.8 Å². The van der Waals surface area contributed by atoms with Crippen LogP contribution >= 0.6 is 0 Å². The van der Waals surface area contributed by atoms with Gasteiger partial charge in [0.05, 0.1) is 12.3 Å². The highest BCUT2D eigenvalue weighted by molar-refractivity contribution is 5.59. The Morgan fingerprint density at radius 3 is 2.52 bits per heavy atom. The minimum atomic E-state index is 0.515. The van der Waals surface area contributed by atoms with Gasteiger partial charge in [0.2, 0.25) is 0 Å². The molecule has 0 radical (unpaired) electrons. The van der Waals surface area contributed by atoms with Gasteiger partial charge in [0.1, 0.15) is 5.75 Å². The fourth-order valence-corrected chi connectivity index (χ4v) is 3.09. The zero-order valence-corrected chi connectivity index (χ0v) is 14.1. The van der Waals surface area contributed by atoms with Gasteiger partial charge < -0.3 is 15.0 Å². The van der Waals surface area contributed by atoms with Crippen LogP contribution in [0.5, 0.6) is 5.75 Å². The second-order valence-electron chi connectivity index (χ2n) is 6.62. The number of hydrogen-bond acceptors (Lipinski definition) is 3. The predicted molar refractivity (Wildman–Crippen MR) is 90.2 cm³/mol. The lowest BCUT2D eigenvalue weighted by Gasteiger charge is -2.45. The smallest absolute Gasteiger partial charge is 0.142 e. The number of piperazine rings is 1. The van der Waals surface area contributed by atoms with Gasteiger partial charge in [-0.15, -0.1) is 0 Å². The van der Waals surface area contributed by atoms with E-state index in [9.17, 15) is 0 Å². The summed E-state index contributed by atoms with van der Waals surface area (Å²) >= 11 is 0. The molecule has 1 aromatic rings. The maximum atomic E-state index is 5.85. The van der Waals surface area contributed by atoms with Crippen LogP contribution in [0.15, 0.2) is 24.3 Å². The first-order valence-electron chi connectivity index (χ1n) is 8.26. The molecule has 1 fully saturated rings. The van der Waals surface area contributed by atoms with Crippen molar-refractivity contribution in [3.63, 3.8) is 0 Å². The molecule has 2 atom stereocenters. The molecule has 1 heterocycles. The van der Waals surface area contributed by atoms with E-state index in [0.717, 1.165) is 18.8 Å². The lowest BCUT2D eigenvalue weighted by Crippen LogP contribution is -2.60. The molecule has 1 aromatic carbocycles. The van der Waals surface area contributed by atoms with Gasteiger partial charge in [-0.05, 0) is 30.9 Å². The van der Waals surface area contributed by atoms with Crippen LogP contribution in [-0.4, -0.2) is 31.8 Å². The first-order chi connectivity index (χ1) is 10.0. The molecule has 3 nitrogen and oxygen atoms in total. The molecule has 1 saturated heterocycles. The third-order valence-electron chi connectivity index (χ3n) is 4.43. The molecule has 0 aromatic heterocycles. The molecule has 3 heteroatoms. The van der Waals surface area contributed by atoms with E-state index in [1.54, 1.807) is 0 Å². The fraction of sp³-hybridized carbons (Fsp3) is 0.667. The molecule has 0 amide bonds. The van der Waals surface area contributed by atoms with Crippen LogP contribution in [0.25, 0.3) is 0 Å². The third kappa shape index (κ3) is 3.70. The summed E-state index contributed by atoms with van der Waals surface area (Å²) in [6.45, 7) is 14.0. The highest BCUT2D eigenvalue weighted by atomic mass is 16.5. The molecular weight excluding hydrogens is 260 g/mol. The Kier molecular flexibility index (Phi) is 5.51. The first-order valence-corrected chi connectivity index (χ1v) is 8.26. The molecule has 2 rings (SSSR count). The van der Waals surface area contributed by atoms with Crippen molar-refractivity contribution in [2.24, 2.45) is 11.8 Å². The van der Waals surface area contributed by atoms with Crippen molar-refractivity contribution >= 4 is 5.69 Å². The van der Waals surface area contributed by atoms with Crippen molar-refractivity contribution < 1.29 is 4.74 Å². The zero-order valence-electron chi connectivity index (χ0n) is 14.1. The Labute approximate surface area is 129 Å². The summed E-state index contributed by atoms with van der Waals surface area (Å²) in [5, 5.41) is 3.72. The number of nitrogens with one attached hydrogen (secondary N) is 1. The molecule has 1 aliphatic heterocycles. The van der Waals surface area contributed by atoms with Crippen LogP contribution in [0.3, 0.4) is 0 Å². The highest BCUT2D eigenvalue weighted by Gasteiger charge is 2.32. The monoisotopic (exact) mass is 290 g/mol. The normalized spacial score (nSPS) is 22.9. The Morgan fingerprint density at radius 1 is 1.19 bits per heavy atom. The number of rotatable bonds is 5. The number of anilines is 1. The second kappa shape index (κ2) is 7.17. The van der Waals surface area contributed by atoms with Crippen LogP contribution in [-0.2, 0) is 0 Å². The second-order valence-corrected chi connectivity index (χ2v) is 6.62. The Bertz CT molecular complexity index is 445. The molecule has 21 heavy (non-hydrogen) atoms. The first kappa shape index (κ1) is 16.2. The molecule has 118 valence electrons. The van der Waals surface area contributed by atoms with Gasteiger partial charge in [0.15, 0.2) is 0 Å². The quantitative estimate of drug-likeness (QED) is 0.897. The van der Waals surface area contributed by atoms with Crippen molar-refractivity contribution in [2.45, 2.75) is 46.7 Å². The van der Waals surface area contributed by atoms with Crippen LogP contribution in [0.4, 0.5) is 5.69 Å². The standard InChI is InChI=1S/C18H30N2O/c1-6-21-18-10-8-7-9-16(18)20-12-15(13(2)3)19-11-17(20)14(4)5/h7-10,13-15,17,19H,6,11-12H2,1-5H3. The van der Waals surface area contributed by atoms with Gasteiger partial charge in [-0.1, -0.05) is 39.8 Å². The number of nitrogens with zero attached hydrogens (tertiary/aromatic N) is 1. The van der Waals surface area contributed by atoms with Crippen molar-refractivity contribution in [3.8, 4) is 5.75 Å². The van der Waals surface area contributed by atoms with Gasteiger partial charge in [-0.3, -0.25) is 0 Å². The van der Waals surface area contributed by atoms with Gasteiger partial charge >= 0.3 is 0 Å². The highest BCUT2D eigenvalue weighted by Crippen LogP contribution is 2.33. The van der Waals surface area contributed by atoms with Gasteiger partial charge in [0.25, 0.3) is 0 Å². The van der Waals surface area contributed by atoms with Crippen molar-refractivity contribution in [1.82, 2.24) is 5.32 Å². The maximum absolute atomic E-state index is 5.85. The average molecular weight is 290 g/mol. The summed E-state index contributed by atoms with van der Waals surface area (Å²) in [7, 11) is 0. The van der Waals surface area contributed by atoms with E-state index in [-0.39, 0.29) is 0 Å². The lowest BCUT2D eigenvalue weighted by atomic mass is 9.93. The summed E-state index contributed by atoms with van der Waals surface area (Å²) in [5.74, 6) is 2.26. The van der Waals surface area contributed by atoms with E-state index in [1.165, 1.54) is 5.69 Å². The summed E-state index contributed by atoms with van der Waals surface area (Å²) in [6.07, 6.45) is 0. The van der Waals surface area contributed by atoms with Gasteiger partial charge in [-0.2, -0.15) is 0 Å². The van der Waals surface area contributed by atoms with E-state index < -0.39 is 0 Å². The SMILES string of the molecule is CCOc1ccccc1N1CC(C(C)C)NCC1C(C)C. The van der Waals surface area contributed by atoms with Crippen molar-refractivity contribution in [1.29, 1.82) is 0 Å². The molecule has 2 unspecified atom stereocenters. The topological polar surface area (TPSA) is 24.5 Å². The molecule has 0 bridgehead atoms. The van der Waals surface area contributed by atoms with E-state index in [2.05, 4.69) is 62.2 Å². The average Bonchev–Trinajstić information content (AvgIpc) is 2.47. The fourth-order valence-electron chi connectivity index (χ4n) is 3.09. The Balaban J connectivity index is 2.31. The molecule has 1 N–H and O–H groups in total. The zero-order chi connectivity index (χ0) is 15.4. The molecule has 1 aliphatic rings. The summed E-state index contributed by atoms with van der Waals surface area (Å²) < 4.78 is 5.85. The summed E-state index contributed by atoms with van der Waals surface area (Å²) in [6, 6.07) is 9.50. The molecule has 0 saturated carbocycles. The van der Waals surface area contributed by atoms with Crippen LogP contribution in [0.2, 0.25) is 0 Å². The van der Waals surface area contributed by atoms with Crippen molar-refractivity contribution in [2.75, 3.05) is 24.6 Å². The van der Waals surface area contributed by atoms with Gasteiger partial charge in [0, 0.05) is 25.2 Å². The number of benzene rings is 1. The Morgan fingerprint density at radius 2 is 1.90 bits per heavy atom. The number of ether oxygens (including phenoxy) is 1. The van der Waals surface area contributed by atoms with Crippen LogP contribution in [0.1, 0.15) is 34.6 Å². The van der Waals surface area contributed by atoms with E-state index >= 15 is 0 Å². The largest absolute Gasteiger partial charge is 0.492 e. The lowest BCUT2D eigenvalue weighted by molar-refractivity contribution is 0.289. The minimum absolute atomic E-state index is 0.515. The van der Waals surface area contributed by atoms with Crippen LogP contribution < -0.4 is 15.0 Å². The van der Waals surface area contributed by atoms with E-state index in [0.29, 0.717) is 30.5 Å². The van der Waals surface area contributed by atoms with Gasteiger partial charge in [-0.25, -0.2) is 0 Å². The predicted octanol–water partition coefficient (Wildman–Crippen LogP) is 3.54. The van der Waals surface area contributed by atoms with Crippen molar-refractivity contribution in [3.05, 3.63) is 24.3 Å². The maximum Gasteiger partial charge on any atom is 0.142 e. The third-order valence-corrected chi connectivity index (χ3v) is 4.43. The number of hydrogen-bond donors (Lipinski definition) is 1. The minimum Gasteiger partial charge on any atom is -0.492 e. The molecular formula is C18H30N2O.